The van der Waals surface area contributed by atoms with Gasteiger partial charge in [-0.25, -0.2) is 0 Å². The van der Waals surface area contributed by atoms with Crippen molar-refractivity contribution < 1.29 is 4.79 Å². The van der Waals surface area contributed by atoms with Crippen molar-refractivity contribution in [1.29, 1.82) is 0 Å². The zero-order valence-electron chi connectivity index (χ0n) is 11.7. The van der Waals surface area contributed by atoms with Crippen molar-refractivity contribution >= 4 is 16.9 Å². The second-order valence-corrected chi connectivity index (χ2v) is 4.91. The van der Waals surface area contributed by atoms with E-state index in [1.54, 1.807) is 18.2 Å². The molecule has 0 bridgehead atoms. The molecular weight excluding hydrogens is 268 g/mol. The molecule has 0 saturated carbocycles. The molecule has 1 aromatic carbocycles. The molecule has 21 heavy (non-hydrogen) atoms. The Morgan fingerprint density at radius 3 is 2.95 bits per heavy atom. The van der Waals surface area contributed by atoms with Gasteiger partial charge in [-0.05, 0) is 43.5 Å². The van der Waals surface area contributed by atoms with Crippen molar-refractivity contribution in [3.05, 3.63) is 41.2 Å². The summed E-state index contributed by atoms with van der Waals surface area (Å²) < 4.78 is 0. The van der Waals surface area contributed by atoms with Gasteiger partial charge in [0.1, 0.15) is 11.0 Å². The van der Waals surface area contributed by atoms with Crippen LogP contribution in [0.25, 0.3) is 11.0 Å². The maximum absolute atomic E-state index is 12.1. The standard InChI is InChI=1S/C14H16N6O/c1-9-11(8-16-17-9)3-2-6-15-14(21)10-4-5-12-13(7-10)19-20-18-12/h4-5,7-8H,2-3,6H2,1H3,(H,15,21)(H,16,17)(H,18,19,20). The first kappa shape index (κ1) is 13.3. The van der Waals surface area contributed by atoms with E-state index < -0.39 is 0 Å². The maximum atomic E-state index is 12.1. The predicted octanol–water partition coefficient (Wildman–Crippen LogP) is 1.35. The van der Waals surface area contributed by atoms with Crippen LogP contribution in [0, 0.1) is 6.92 Å². The number of carbonyl (C=O) groups is 1. The number of aromatic nitrogens is 5. The lowest BCUT2D eigenvalue weighted by molar-refractivity contribution is 0.0953. The molecule has 3 N–H and O–H groups in total. The molecule has 0 aliphatic carbocycles. The molecule has 0 atom stereocenters. The number of hydrogen-bond acceptors (Lipinski definition) is 4. The highest BCUT2D eigenvalue weighted by atomic mass is 16.1. The largest absolute Gasteiger partial charge is 0.352 e. The molecule has 1 amide bonds. The topological polar surface area (TPSA) is 99.4 Å². The van der Waals surface area contributed by atoms with E-state index in [9.17, 15) is 4.79 Å². The zero-order valence-corrected chi connectivity index (χ0v) is 11.7. The molecule has 3 rings (SSSR count). The van der Waals surface area contributed by atoms with Gasteiger partial charge in [0.25, 0.3) is 5.91 Å². The van der Waals surface area contributed by atoms with E-state index in [-0.39, 0.29) is 5.91 Å². The summed E-state index contributed by atoms with van der Waals surface area (Å²) >= 11 is 0. The Labute approximate surface area is 121 Å². The summed E-state index contributed by atoms with van der Waals surface area (Å²) in [7, 11) is 0. The minimum Gasteiger partial charge on any atom is -0.352 e. The summed E-state index contributed by atoms with van der Waals surface area (Å²) in [6.45, 7) is 2.62. The summed E-state index contributed by atoms with van der Waals surface area (Å²) in [5, 5.41) is 20.3. The molecule has 0 saturated heterocycles. The molecule has 0 unspecified atom stereocenters. The number of nitrogens with zero attached hydrogens (tertiary/aromatic N) is 3. The number of benzene rings is 1. The highest BCUT2D eigenvalue weighted by Gasteiger charge is 2.07. The number of aromatic amines is 2. The third kappa shape index (κ3) is 2.91. The average molecular weight is 284 g/mol. The molecule has 2 heterocycles. The van der Waals surface area contributed by atoms with Gasteiger partial charge >= 0.3 is 0 Å². The van der Waals surface area contributed by atoms with Crippen LogP contribution in [0.1, 0.15) is 28.0 Å². The predicted molar refractivity (Wildman–Crippen MR) is 77.9 cm³/mol. The summed E-state index contributed by atoms with van der Waals surface area (Å²) in [5.74, 6) is -0.0937. The van der Waals surface area contributed by atoms with E-state index in [1.165, 1.54) is 5.56 Å². The van der Waals surface area contributed by atoms with E-state index in [1.807, 2.05) is 13.1 Å². The molecule has 0 fully saturated rings. The van der Waals surface area contributed by atoms with Gasteiger partial charge in [0.2, 0.25) is 0 Å². The van der Waals surface area contributed by atoms with Gasteiger partial charge in [0, 0.05) is 17.8 Å². The van der Waals surface area contributed by atoms with E-state index in [2.05, 4.69) is 30.9 Å². The Bertz CT molecular complexity index is 760. The van der Waals surface area contributed by atoms with E-state index in [0.717, 1.165) is 24.1 Å². The molecule has 0 aliphatic rings. The lowest BCUT2D eigenvalue weighted by atomic mass is 10.1. The normalized spacial score (nSPS) is 10.9. The van der Waals surface area contributed by atoms with Crippen molar-refractivity contribution in [3.8, 4) is 0 Å². The smallest absolute Gasteiger partial charge is 0.251 e. The van der Waals surface area contributed by atoms with Crippen LogP contribution in [0.3, 0.4) is 0 Å². The molecule has 0 radical (unpaired) electrons. The second kappa shape index (κ2) is 5.74. The Morgan fingerprint density at radius 2 is 2.14 bits per heavy atom. The Morgan fingerprint density at radius 1 is 1.29 bits per heavy atom. The van der Waals surface area contributed by atoms with Gasteiger partial charge in [0.05, 0.1) is 6.20 Å². The third-order valence-electron chi connectivity index (χ3n) is 3.42. The molecule has 2 aromatic heterocycles. The molecule has 108 valence electrons. The molecule has 7 nitrogen and oxygen atoms in total. The molecule has 0 aliphatic heterocycles. The van der Waals surface area contributed by atoms with Gasteiger partial charge in [0.15, 0.2) is 0 Å². The van der Waals surface area contributed by atoms with E-state index >= 15 is 0 Å². The fourth-order valence-electron chi connectivity index (χ4n) is 2.19. The fraction of sp³-hybridized carbons (Fsp3) is 0.286. The number of nitrogens with one attached hydrogen (secondary N) is 3. The van der Waals surface area contributed by atoms with E-state index in [4.69, 9.17) is 0 Å². The van der Waals surface area contributed by atoms with Gasteiger partial charge in [-0.15, -0.1) is 0 Å². The minimum atomic E-state index is -0.0937. The number of hydrogen-bond donors (Lipinski definition) is 3. The highest BCUT2D eigenvalue weighted by molar-refractivity contribution is 5.97. The third-order valence-corrected chi connectivity index (χ3v) is 3.42. The Hall–Kier alpha value is -2.70. The van der Waals surface area contributed by atoms with Crippen LogP contribution in [0.5, 0.6) is 0 Å². The van der Waals surface area contributed by atoms with Crippen LogP contribution >= 0.6 is 0 Å². The van der Waals surface area contributed by atoms with Crippen LogP contribution < -0.4 is 5.32 Å². The van der Waals surface area contributed by atoms with Crippen molar-refractivity contribution in [1.82, 2.24) is 30.9 Å². The first-order valence-electron chi connectivity index (χ1n) is 6.81. The fourth-order valence-corrected chi connectivity index (χ4v) is 2.19. The number of fused-ring (bicyclic) bond motifs is 1. The molecule has 7 heteroatoms. The van der Waals surface area contributed by atoms with Crippen molar-refractivity contribution in [2.24, 2.45) is 0 Å². The monoisotopic (exact) mass is 284 g/mol. The number of aryl methyl sites for hydroxylation is 2. The van der Waals surface area contributed by atoms with Crippen LogP contribution in [-0.4, -0.2) is 38.1 Å². The minimum absolute atomic E-state index is 0.0937. The number of rotatable bonds is 5. The maximum Gasteiger partial charge on any atom is 0.251 e. The van der Waals surface area contributed by atoms with Crippen molar-refractivity contribution in [2.45, 2.75) is 19.8 Å². The Kier molecular flexibility index (Phi) is 3.63. The number of H-pyrrole nitrogens is 2. The molecular formula is C14H16N6O. The van der Waals surface area contributed by atoms with Crippen LogP contribution in [0.15, 0.2) is 24.4 Å². The molecule has 3 aromatic rings. The van der Waals surface area contributed by atoms with Crippen LogP contribution in [0.2, 0.25) is 0 Å². The highest BCUT2D eigenvalue weighted by Crippen LogP contribution is 2.10. The lowest BCUT2D eigenvalue weighted by Crippen LogP contribution is -2.24. The van der Waals surface area contributed by atoms with Crippen molar-refractivity contribution in [3.63, 3.8) is 0 Å². The van der Waals surface area contributed by atoms with Gasteiger partial charge < -0.3 is 5.32 Å². The lowest BCUT2D eigenvalue weighted by Gasteiger charge is -2.05. The Balaban J connectivity index is 1.53. The zero-order chi connectivity index (χ0) is 14.7. The van der Waals surface area contributed by atoms with Crippen LogP contribution in [-0.2, 0) is 6.42 Å². The van der Waals surface area contributed by atoms with E-state index in [0.29, 0.717) is 17.6 Å². The average Bonchev–Trinajstić information content (AvgIpc) is 3.11. The summed E-state index contributed by atoms with van der Waals surface area (Å²) in [5.41, 5.74) is 4.31. The first-order valence-corrected chi connectivity index (χ1v) is 6.81. The van der Waals surface area contributed by atoms with Gasteiger partial charge in [-0.1, -0.05) is 0 Å². The van der Waals surface area contributed by atoms with Crippen molar-refractivity contribution in [2.75, 3.05) is 6.54 Å². The summed E-state index contributed by atoms with van der Waals surface area (Å²) in [6.07, 6.45) is 3.60. The molecule has 0 spiro atoms. The number of carbonyl (C=O) groups excluding carboxylic acids is 1. The summed E-state index contributed by atoms with van der Waals surface area (Å²) in [6, 6.07) is 5.26. The quantitative estimate of drug-likeness (QED) is 0.616. The first-order chi connectivity index (χ1) is 10.2. The van der Waals surface area contributed by atoms with Gasteiger partial charge in [-0.3, -0.25) is 9.89 Å². The van der Waals surface area contributed by atoms with Crippen LogP contribution in [0.4, 0.5) is 0 Å². The summed E-state index contributed by atoms with van der Waals surface area (Å²) in [4.78, 5) is 12.1. The SMILES string of the molecule is Cc1[nH]ncc1CCCNC(=O)c1ccc2n[nH]nc2c1. The number of amides is 1. The van der Waals surface area contributed by atoms with Gasteiger partial charge in [-0.2, -0.15) is 20.5 Å². The second-order valence-electron chi connectivity index (χ2n) is 4.91.